The zero-order chi connectivity index (χ0) is 14.7. The molecule has 20 heavy (non-hydrogen) atoms. The molecule has 1 unspecified atom stereocenters. The molecule has 0 aliphatic carbocycles. The zero-order valence-electron chi connectivity index (χ0n) is 11.1. The van der Waals surface area contributed by atoms with Crippen molar-refractivity contribution in [2.75, 3.05) is 25.1 Å². The van der Waals surface area contributed by atoms with Crippen molar-refractivity contribution in [3.63, 3.8) is 0 Å². The van der Waals surface area contributed by atoms with Gasteiger partial charge >= 0.3 is 11.7 Å². The van der Waals surface area contributed by atoms with Crippen LogP contribution in [-0.4, -0.2) is 36.2 Å². The van der Waals surface area contributed by atoms with Crippen LogP contribution in [0.4, 0.5) is 11.4 Å². The number of hydrogen-bond donors (Lipinski definition) is 1. The normalized spacial score (nSPS) is 18.6. The molecular formula is C13H16N2O5. The number of carboxylic acids is 1. The second-order valence-electron chi connectivity index (χ2n) is 4.74. The Labute approximate surface area is 115 Å². The van der Waals surface area contributed by atoms with Crippen LogP contribution in [0.3, 0.4) is 0 Å². The van der Waals surface area contributed by atoms with Gasteiger partial charge in [0.15, 0.2) is 5.75 Å². The number of nitro groups is 1. The van der Waals surface area contributed by atoms with Gasteiger partial charge in [0.25, 0.3) is 0 Å². The first-order chi connectivity index (χ1) is 9.52. The highest BCUT2D eigenvalue weighted by atomic mass is 16.6. The van der Waals surface area contributed by atoms with Crippen molar-refractivity contribution in [1.29, 1.82) is 0 Å². The number of aliphatic carboxylic acids is 1. The number of rotatable bonds is 4. The average Bonchev–Trinajstić information content (AvgIpc) is 2.46. The highest BCUT2D eigenvalue weighted by molar-refractivity contribution is 5.71. The van der Waals surface area contributed by atoms with Gasteiger partial charge in [0.2, 0.25) is 0 Å². The average molecular weight is 280 g/mol. The van der Waals surface area contributed by atoms with Crippen molar-refractivity contribution < 1.29 is 19.6 Å². The third kappa shape index (κ3) is 2.81. The molecule has 0 radical (unpaired) electrons. The van der Waals surface area contributed by atoms with Crippen LogP contribution in [0.25, 0.3) is 0 Å². The minimum Gasteiger partial charge on any atom is -0.490 e. The Morgan fingerprint density at radius 2 is 2.30 bits per heavy atom. The summed E-state index contributed by atoms with van der Waals surface area (Å²) in [4.78, 5) is 23.3. The summed E-state index contributed by atoms with van der Waals surface area (Å²) in [6.07, 6.45) is 1.45. The topological polar surface area (TPSA) is 92.9 Å². The Kier molecular flexibility index (Phi) is 4.07. The zero-order valence-corrected chi connectivity index (χ0v) is 11.1. The third-order valence-electron chi connectivity index (χ3n) is 3.50. The minimum absolute atomic E-state index is 0.0944. The molecule has 1 aromatic carbocycles. The van der Waals surface area contributed by atoms with E-state index in [4.69, 9.17) is 9.84 Å². The molecule has 1 atom stereocenters. The number of nitro benzene ring substituents is 1. The lowest BCUT2D eigenvalue weighted by molar-refractivity contribution is -0.385. The summed E-state index contributed by atoms with van der Waals surface area (Å²) in [5.74, 6) is -1.02. The molecule has 0 spiro atoms. The molecule has 1 aromatic rings. The van der Waals surface area contributed by atoms with Crippen LogP contribution in [0.2, 0.25) is 0 Å². The number of anilines is 1. The summed E-state index contributed by atoms with van der Waals surface area (Å²) in [5.41, 5.74) is 0.654. The number of methoxy groups -OCH3 is 1. The number of piperidine rings is 1. The van der Waals surface area contributed by atoms with Crippen LogP contribution in [0.15, 0.2) is 18.2 Å². The molecule has 0 aromatic heterocycles. The monoisotopic (exact) mass is 280 g/mol. The maximum Gasteiger partial charge on any atom is 0.311 e. The molecule has 108 valence electrons. The first-order valence-corrected chi connectivity index (χ1v) is 6.33. The lowest BCUT2D eigenvalue weighted by Crippen LogP contribution is -2.38. The van der Waals surface area contributed by atoms with E-state index >= 15 is 0 Å². The van der Waals surface area contributed by atoms with Crippen LogP contribution >= 0.6 is 0 Å². The van der Waals surface area contributed by atoms with Crippen LogP contribution in [-0.2, 0) is 4.79 Å². The molecule has 1 aliphatic heterocycles. The number of benzene rings is 1. The van der Waals surface area contributed by atoms with Gasteiger partial charge in [0, 0.05) is 30.9 Å². The molecule has 7 nitrogen and oxygen atoms in total. The van der Waals surface area contributed by atoms with E-state index in [0.29, 0.717) is 13.0 Å². The molecule has 7 heteroatoms. The van der Waals surface area contributed by atoms with E-state index in [-0.39, 0.29) is 11.4 Å². The maximum absolute atomic E-state index is 11.1. The Morgan fingerprint density at radius 3 is 2.90 bits per heavy atom. The standard InChI is InChI=1S/C13H16N2O5/c1-20-12-7-10(4-5-11(12)15(18)19)14-6-2-3-9(8-14)13(16)17/h4-5,7,9H,2-3,6,8H2,1H3,(H,16,17). The Bertz CT molecular complexity index is 531. The van der Waals surface area contributed by atoms with Gasteiger partial charge in [-0.05, 0) is 18.9 Å². The van der Waals surface area contributed by atoms with Crippen molar-refractivity contribution in [3.05, 3.63) is 28.3 Å². The summed E-state index contributed by atoms with van der Waals surface area (Å²) in [7, 11) is 1.38. The Hall–Kier alpha value is -2.31. The van der Waals surface area contributed by atoms with Gasteiger partial charge in [-0.1, -0.05) is 0 Å². The molecule has 1 aliphatic rings. The quantitative estimate of drug-likeness (QED) is 0.669. The molecular weight excluding hydrogens is 264 g/mol. The number of carboxylic acid groups (broad SMARTS) is 1. The third-order valence-corrected chi connectivity index (χ3v) is 3.50. The van der Waals surface area contributed by atoms with Crippen molar-refractivity contribution in [2.45, 2.75) is 12.8 Å². The molecule has 2 rings (SSSR count). The molecule has 1 N–H and O–H groups in total. The smallest absolute Gasteiger partial charge is 0.311 e. The summed E-state index contributed by atoms with van der Waals surface area (Å²) in [6.45, 7) is 1.15. The first kappa shape index (κ1) is 14.1. The number of ether oxygens (including phenoxy) is 1. The van der Waals surface area contributed by atoms with Gasteiger partial charge in [0.1, 0.15) is 0 Å². The predicted molar refractivity (Wildman–Crippen MR) is 72.2 cm³/mol. The Morgan fingerprint density at radius 1 is 1.55 bits per heavy atom. The number of carbonyl (C=O) groups is 1. The Balaban J connectivity index is 2.24. The second-order valence-corrected chi connectivity index (χ2v) is 4.74. The van der Waals surface area contributed by atoms with Gasteiger partial charge in [-0.2, -0.15) is 0 Å². The lowest BCUT2D eigenvalue weighted by atomic mass is 9.98. The number of nitrogens with zero attached hydrogens (tertiary/aromatic N) is 2. The highest BCUT2D eigenvalue weighted by Crippen LogP contribution is 2.33. The van der Waals surface area contributed by atoms with Gasteiger partial charge in [-0.3, -0.25) is 14.9 Å². The van der Waals surface area contributed by atoms with Crippen molar-refractivity contribution in [3.8, 4) is 5.75 Å². The molecule has 0 saturated carbocycles. The molecule has 1 heterocycles. The van der Waals surface area contributed by atoms with Crippen LogP contribution in [0, 0.1) is 16.0 Å². The molecule has 1 fully saturated rings. The molecule has 0 amide bonds. The van der Waals surface area contributed by atoms with E-state index in [1.54, 1.807) is 12.1 Å². The predicted octanol–water partition coefficient (Wildman–Crippen LogP) is 1.90. The van der Waals surface area contributed by atoms with Gasteiger partial charge in [0.05, 0.1) is 18.0 Å². The van der Waals surface area contributed by atoms with Crippen LogP contribution < -0.4 is 9.64 Å². The van der Waals surface area contributed by atoms with E-state index < -0.39 is 16.8 Å². The van der Waals surface area contributed by atoms with Crippen LogP contribution in [0.1, 0.15) is 12.8 Å². The van der Waals surface area contributed by atoms with E-state index in [2.05, 4.69) is 0 Å². The van der Waals surface area contributed by atoms with Crippen molar-refractivity contribution in [1.82, 2.24) is 0 Å². The van der Waals surface area contributed by atoms with E-state index in [1.807, 2.05) is 4.90 Å². The van der Waals surface area contributed by atoms with Crippen LogP contribution in [0.5, 0.6) is 5.75 Å². The minimum atomic E-state index is -0.802. The van der Waals surface area contributed by atoms with Crippen molar-refractivity contribution in [2.24, 2.45) is 5.92 Å². The van der Waals surface area contributed by atoms with E-state index in [0.717, 1.165) is 18.7 Å². The molecule has 0 bridgehead atoms. The molecule has 1 saturated heterocycles. The first-order valence-electron chi connectivity index (χ1n) is 6.33. The van der Waals surface area contributed by atoms with Gasteiger partial charge in [-0.15, -0.1) is 0 Å². The van der Waals surface area contributed by atoms with Crippen molar-refractivity contribution >= 4 is 17.3 Å². The SMILES string of the molecule is COc1cc(N2CCCC(C(=O)O)C2)ccc1[N+](=O)[O-]. The summed E-state index contributed by atoms with van der Waals surface area (Å²) in [5, 5.41) is 19.9. The van der Waals surface area contributed by atoms with E-state index in [9.17, 15) is 14.9 Å². The van der Waals surface area contributed by atoms with Gasteiger partial charge < -0.3 is 14.7 Å². The number of hydrogen-bond acceptors (Lipinski definition) is 5. The highest BCUT2D eigenvalue weighted by Gasteiger charge is 2.26. The summed E-state index contributed by atoms with van der Waals surface area (Å²) >= 11 is 0. The lowest BCUT2D eigenvalue weighted by Gasteiger charge is -2.32. The summed E-state index contributed by atoms with van der Waals surface area (Å²) in [6, 6.07) is 4.60. The summed E-state index contributed by atoms with van der Waals surface area (Å²) < 4.78 is 5.03. The fraction of sp³-hybridized carbons (Fsp3) is 0.462. The fourth-order valence-electron chi connectivity index (χ4n) is 2.43. The second kappa shape index (κ2) is 5.77. The van der Waals surface area contributed by atoms with E-state index in [1.165, 1.54) is 13.2 Å². The largest absolute Gasteiger partial charge is 0.490 e. The maximum atomic E-state index is 11.1. The van der Waals surface area contributed by atoms with Gasteiger partial charge in [-0.25, -0.2) is 0 Å². The fourth-order valence-corrected chi connectivity index (χ4v) is 2.43.